The molecule has 2 aliphatic heterocycles. The molecule has 0 fully saturated rings. The number of hydrogen-bond acceptors (Lipinski definition) is 8. The summed E-state index contributed by atoms with van der Waals surface area (Å²) in [6, 6.07) is 0. The first-order chi connectivity index (χ1) is 10.4. The van der Waals surface area contributed by atoms with Crippen molar-refractivity contribution in [1.82, 2.24) is 10.1 Å². The quantitative estimate of drug-likeness (QED) is 0.688. The third-order valence-electron chi connectivity index (χ3n) is 1.90. The van der Waals surface area contributed by atoms with Gasteiger partial charge in [0.05, 0.1) is 0 Å². The third kappa shape index (κ3) is 6.96. The number of carbonyl (C=O) groups is 3. The standard InChI is InChI=1S/C6H7NO3S.C6H7NO2S2/c1-5(8)10-7-3-2-4-11-6(7)9;1-5(8)9-7-3-2-4-11-6(7)10/h2*2-3H,4H2,1H3. The van der Waals surface area contributed by atoms with Crippen LogP contribution in [0.5, 0.6) is 0 Å². The Bertz CT molecular complexity index is 475. The van der Waals surface area contributed by atoms with Crippen LogP contribution >= 0.6 is 35.7 Å². The predicted octanol–water partition coefficient (Wildman–Crippen LogP) is 2.46. The Kier molecular flexibility index (Phi) is 7.99. The molecule has 22 heavy (non-hydrogen) atoms. The second-order valence-electron chi connectivity index (χ2n) is 3.74. The van der Waals surface area contributed by atoms with Gasteiger partial charge < -0.3 is 9.68 Å². The summed E-state index contributed by atoms with van der Waals surface area (Å²) < 4.78 is 0.572. The Morgan fingerprint density at radius 3 is 2.05 bits per heavy atom. The first-order valence-electron chi connectivity index (χ1n) is 6.02. The molecule has 0 aromatic rings. The monoisotopic (exact) mass is 362 g/mol. The highest BCUT2D eigenvalue weighted by Crippen LogP contribution is 2.16. The van der Waals surface area contributed by atoms with Crippen LogP contribution in [0.2, 0.25) is 0 Å². The van der Waals surface area contributed by atoms with E-state index in [1.807, 2.05) is 6.08 Å². The number of amides is 1. The highest BCUT2D eigenvalue weighted by atomic mass is 32.2. The highest BCUT2D eigenvalue weighted by molar-refractivity contribution is 8.23. The fraction of sp³-hybridized carbons (Fsp3) is 0.333. The van der Waals surface area contributed by atoms with Crippen molar-refractivity contribution in [2.45, 2.75) is 13.8 Å². The minimum absolute atomic E-state index is 0.261. The summed E-state index contributed by atoms with van der Waals surface area (Å²) in [6.45, 7) is 2.59. The molecular formula is C12H14N2O5S3. The summed E-state index contributed by atoms with van der Waals surface area (Å²) in [5.41, 5.74) is 0. The fourth-order valence-electron chi connectivity index (χ4n) is 1.18. The molecule has 0 N–H and O–H groups in total. The zero-order valence-electron chi connectivity index (χ0n) is 11.9. The van der Waals surface area contributed by atoms with Gasteiger partial charge in [0, 0.05) is 37.8 Å². The molecule has 1 amide bonds. The van der Waals surface area contributed by atoms with Crippen LogP contribution in [0.15, 0.2) is 24.6 Å². The van der Waals surface area contributed by atoms with E-state index in [1.165, 1.54) is 36.9 Å². The molecule has 0 saturated carbocycles. The number of thiocarbonyl (C=S) groups is 1. The molecule has 2 heterocycles. The number of nitrogens with zero attached hydrogens (tertiary/aromatic N) is 2. The minimum Gasteiger partial charge on any atom is -0.336 e. The van der Waals surface area contributed by atoms with Gasteiger partial charge in [-0.15, -0.1) is 5.06 Å². The van der Waals surface area contributed by atoms with E-state index in [0.29, 0.717) is 10.1 Å². The average molecular weight is 362 g/mol. The summed E-state index contributed by atoms with van der Waals surface area (Å²) >= 11 is 7.46. The molecule has 120 valence electrons. The number of thioether (sulfide) groups is 2. The lowest BCUT2D eigenvalue weighted by atomic mass is 10.7. The molecule has 0 spiro atoms. The van der Waals surface area contributed by atoms with Crippen LogP contribution in [0.4, 0.5) is 4.79 Å². The lowest BCUT2D eigenvalue weighted by molar-refractivity contribution is -0.164. The van der Waals surface area contributed by atoms with E-state index in [1.54, 1.807) is 12.3 Å². The van der Waals surface area contributed by atoms with Crippen LogP contribution in [0, 0.1) is 0 Å². The van der Waals surface area contributed by atoms with Crippen LogP contribution in [-0.2, 0) is 19.3 Å². The Morgan fingerprint density at radius 2 is 1.55 bits per heavy atom. The molecule has 0 aromatic carbocycles. The molecule has 10 heteroatoms. The molecule has 0 saturated heterocycles. The molecule has 2 aliphatic rings. The van der Waals surface area contributed by atoms with Crippen molar-refractivity contribution in [2.75, 3.05) is 11.5 Å². The molecule has 0 bridgehead atoms. The molecule has 7 nitrogen and oxygen atoms in total. The lowest BCUT2D eigenvalue weighted by Gasteiger charge is -2.20. The SMILES string of the molecule is CC(=O)ON1C=CCSC1=O.CC(=O)ON1C=CCSC1=S. The summed E-state index contributed by atoms with van der Waals surface area (Å²) in [6.07, 6.45) is 6.72. The van der Waals surface area contributed by atoms with Crippen molar-refractivity contribution in [3.63, 3.8) is 0 Å². The maximum atomic E-state index is 10.9. The van der Waals surface area contributed by atoms with Crippen molar-refractivity contribution < 1.29 is 24.1 Å². The van der Waals surface area contributed by atoms with E-state index in [0.717, 1.165) is 22.6 Å². The molecule has 0 atom stereocenters. The molecular weight excluding hydrogens is 348 g/mol. The fourth-order valence-corrected chi connectivity index (χ4v) is 2.58. The molecule has 0 aromatic heterocycles. The van der Waals surface area contributed by atoms with E-state index < -0.39 is 5.97 Å². The average Bonchev–Trinajstić information content (AvgIpc) is 2.44. The second kappa shape index (κ2) is 9.49. The van der Waals surface area contributed by atoms with Crippen LogP contribution < -0.4 is 0 Å². The van der Waals surface area contributed by atoms with Gasteiger partial charge in [-0.2, -0.15) is 5.06 Å². The lowest BCUT2D eigenvalue weighted by Crippen LogP contribution is -2.26. The van der Waals surface area contributed by atoms with Gasteiger partial charge in [-0.05, 0) is 12.2 Å². The van der Waals surface area contributed by atoms with Crippen LogP contribution in [0.1, 0.15) is 13.8 Å². The number of carbonyl (C=O) groups excluding carboxylic acids is 3. The normalized spacial score (nSPS) is 16.8. The summed E-state index contributed by atoms with van der Waals surface area (Å²) in [5.74, 6) is 0.623. The topological polar surface area (TPSA) is 76.1 Å². The summed E-state index contributed by atoms with van der Waals surface area (Å²) in [7, 11) is 0. The van der Waals surface area contributed by atoms with Crippen molar-refractivity contribution in [3.05, 3.63) is 24.6 Å². The summed E-state index contributed by atoms with van der Waals surface area (Å²) in [5, 5.41) is 1.96. The van der Waals surface area contributed by atoms with Gasteiger partial charge in [0.25, 0.3) is 0 Å². The number of hydrogen-bond donors (Lipinski definition) is 0. The Morgan fingerprint density at radius 1 is 1.05 bits per heavy atom. The Hall–Kier alpha value is -1.52. The van der Waals surface area contributed by atoms with Crippen molar-refractivity contribution >= 4 is 57.2 Å². The predicted molar refractivity (Wildman–Crippen MR) is 88.4 cm³/mol. The van der Waals surface area contributed by atoms with Gasteiger partial charge >= 0.3 is 17.2 Å². The minimum atomic E-state index is -0.495. The van der Waals surface area contributed by atoms with E-state index in [2.05, 4.69) is 4.84 Å². The number of hydroxylamine groups is 4. The van der Waals surface area contributed by atoms with Gasteiger partial charge in [0.1, 0.15) is 0 Å². The molecule has 2 rings (SSSR count). The van der Waals surface area contributed by atoms with Gasteiger partial charge in [0.2, 0.25) is 0 Å². The van der Waals surface area contributed by atoms with Crippen molar-refractivity contribution in [1.29, 1.82) is 0 Å². The Balaban J connectivity index is 0.000000220. The second-order valence-corrected chi connectivity index (χ2v) is 6.37. The zero-order chi connectivity index (χ0) is 16.5. The van der Waals surface area contributed by atoms with E-state index in [4.69, 9.17) is 17.1 Å². The third-order valence-corrected chi connectivity index (χ3v) is 4.01. The highest BCUT2D eigenvalue weighted by Gasteiger charge is 2.17. The number of rotatable bonds is 2. The summed E-state index contributed by atoms with van der Waals surface area (Å²) in [4.78, 5) is 41.1. The van der Waals surface area contributed by atoms with Gasteiger partial charge in [-0.25, -0.2) is 9.59 Å². The van der Waals surface area contributed by atoms with Crippen molar-refractivity contribution in [3.8, 4) is 0 Å². The first-order valence-corrected chi connectivity index (χ1v) is 8.40. The van der Waals surface area contributed by atoms with E-state index >= 15 is 0 Å². The first kappa shape index (κ1) is 18.5. The van der Waals surface area contributed by atoms with Gasteiger partial charge in [0.15, 0.2) is 4.32 Å². The smallest absolute Gasteiger partial charge is 0.330 e. The molecule has 0 radical (unpaired) electrons. The zero-order valence-corrected chi connectivity index (χ0v) is 14.3. The molecule has 0 aliphatic carbocycles. The van der Waals surface area contributed by atoms with Crippen molar-refractivity contribution in [2.24, 2.45) is 0 Å². The van der Waals surface area contributed by atoms with Crippen LogP contribution in [-0.4, -0.2) is 43.1 Å². The van der Waals surface area contributed by atoms with Crippen LogP contribution in [0.25, 0.3) is 0 Å². The van der Waals surface area contributed by atoms with Gasteiger partial charge in [-0.1, -0.05) is 35.7 Å². The maximum Gasteiger partial charge on any atom is 0.330 e. The largest absolute Gasteiger partial charge is 0.336 e. The maximum absolute atomic E-state index is 10.9. The molecule has 0 unspecified atom stereocenters. The van der Waals surface area contributed by atoms with Gasteiger partial charge in [-0.3, -0.25) is 4.79 Å². The van der Waals surface area contributed by atoms with E-state index in [-0.39, 0.29) is 11.2 Å². The van der Waals surface area contributed by atoms with Crippen LogP contribution in [0.3, 0.4) is 0 Å². The Labute approximate surface area is 141 Å². The van der Waals surface area contributed by atoms with E-state index in [9.17, 15) is 14.4 Å².